The van der Waals surface area contributed by atoms with E-state index in [9.17, 15) is 14.9 Å². The maximum atomic E-state index is 12.1. The van der Waals surface area contributed by atoms with Crippen molar-refractivity contribution in [2.75, 3.05) is 12.0 Å². The first-order valence-corrected chi connectivity index (χ1v) is 7.59. The van der Waals surface area contributed by atoms with Crippen molar-refractivity contribution in [3.05, 3.63) is 64.2 Å². The summed E-state index contributed by atoms with van der Waals surface area (Å²) in [6, 6.07) is 13.4. The van der Waals surface area contributed by atoms with Crippen LogP contribution in [0.3, 0.4) is 0 Å². The largest absolute Gasteiger partial charge is 0.460 e. The Kier molecular flexibility index (Phi) is 6.05. The summed E-state index contributed by atoms with van der Waals surface area (Å²) in [5, 5.41) is 10.9. The van der Waals surface area contributed by atoms with E-state index < -0.39 is 10.9 Å². The number of hydrazine groups is 1. The van der Waals surface area contributed by atoms with Crippen LogP contribution in [0.5, 0.6) is 0 Å². The predicted octanol–water partition coefficient (Wildman–Crippen LogP) is 3.11. The fraction of sp³-hybridized carbons (Fsp3) is 0.176. The van der Waals surface area contributed by atoms with Gasteiger partial charge in [0.25, 0.3) is 5.69 Å². The molecule has 2 aromatic carbocycles. The molecule has 0 aliphatic rings. The van der Waals surface area contributed by atoms with Crippen molar-refractivity contribution < 1.29 is 14.5 Å². The lowest BCUT2D eigenvalue weighted by molar-refractivity contribution is -0.384. The van der Waals surface area contributed by atoms with E-state index in [0.717, 1.165) is 5.69 Å². The van der Waals surface area contributed by atoms with Gasteiger partial charge in [-0.25, -0.2) is 9.79 Å². The number of nitro groups is 1. The maximum Gasteiger partial charge on any atom is 0.375 e. The van der Waals surface area contributed by atoms with Crippen molar-refractivity contribution in [3.63, 3.8) is 0 Å². The molecule has 0 fully saturated rings. The number of para-hydroxylation sites is 1. The first-order valence-electron chi connectivity index (χ1n) is 7.59. The summed E-state index contributed by atoms with van der Waals surface area (Å²) in [6.07, 6.45) is 0. The highest BCUT2D eigenvalue weighted by Crippen LogP contribution is 2.24. The number of benzene rings is 2. The number of nitrogens with one attached hydrogen (secondary N) is 2. The molecule has 0 aliphatic heterocycles. The van der Waals surface area contributed by atoms with Crippen molar-refractivity contribution in [2.45, 2.75) is 13.8 Å². The number of esters is 1. The van der Waals surface area contributed by atoms with Crippen LogP contribution in [-0.4, -0.2) is 23.3 Å². The number of nitrogens with zero attached hydrogens (tertiary/aromatic N) is 2. The Bertz CT molecular complexity index is 790. The summed E-state index contributed by atoms with van der Waals surface area (Å²) in [6.45, 7) is 3.60. The van der Waals surface area contributed by atoms with Gasteiger partial charge < -0.3 is 4.74 Å². The van der Waals surface area contributed by atoms with Gasteiger partial charge >= 0.3 is 5.97 Å². The van der Waals surface area contributed by atoms with Crippen LogP contribution in [0.1, 0.15) is 12.5 Å². The number of rotatable bonds is 5. The molecule has 2 rings (SSSR count). The minimum atomic E-state index is -0.670. The molecule has 2 N–H and O–H groups in total. The predicted molar refractivity (Wildman–Crippen MR) is 94.8 cm³/mol. The minimum Gasteiger partial charge on any atom is -0.460 e. The monoisotopic (exact) mass is 342 g/mol. The maximum absolute atomic E-state index is 12.1. The van der Waals surface area contributed by atoms with E-state index in [1.54, 1.807) is 32.0 Å². The fourth-order valence-electron chi connectivity index (χ4n) is 1.93. The smallest absolute Gasteiger partial charge is 0.375 e. The third-order valence-electron chi connectivity index (χ3n) is 3.20. The number of carbonyl (C=O) groups is 1. The normalized spacial score (nSPS) is 10.9. The van der Waals surface area contributed by atoms with E-state index in [-0.39, 0.29) is 18.1 Å². The Morgan fingerprint density at radius 1 is 1.24 bits per heavy atom. The highest BCUT2D eigenvalue weighted by atomic mass is 16.6. The molecule has 0 heterocycles. The van der Waals surface area contributed by atoms with Gasteiger partial charge in [-0.2, -0.15) is 0 Å². The molecule has 0 aliphatic carbocycles. The molecule has 0 saturated heterocycles. The molecule has 130 valence electrons. The van der Waals surface area contributed by atoms with E-state index >= 15 is 0 Å². The molecule has 25 heavy (non-hydrogen) atoms. The Labute approximate surface area is 144 Å². The molecule has 0 bridgehead atoms. The third-order valence-corrected chi connectivity index (χ3v) is 3.20. The summed E-state index contributed by atoms with van der Waals surface area (Å²) >= 11 is 0. The number of ether oxygens (including phenoxy) is 1. The molecule has 0 aromatic heterocycles. The lowest BCUT2D eigenvalue weighted by atomic mass is 10.2. The van der Waals surface area contributed by atoms with Crippen LogP contribution in [0.2, 0.25) is 0 Å². The molecule has 0 amide bonds. The van der Waals surface area contributed by atoms with Crippen LogP contribution in [0, 0.1) is 17.0 Å². The standard InChI is InChI=1S/C17H18N4O4/c1-3-25-17(22)16(20-19-13-7-5-4-6-8-13)18-15-11-14(21(23)24)10-9-12(15)2/h4-11,19H,3H2,1-2H3,(H,18,20). The first-order chi connectivity index (χ1) is 12.0. The molecule has 0 atom stereocenters. The highest BCUT2D eigenvalue weighted by molar-refractivity contribution is 6.36. The minimum absolute atomic E-state index is 0.102. The van der Waals surface area contributed by atoms with Crippen LogP contribution in [0.15, 0.2) is 53.5 Å². The molecular weight excluding hydrogens is 324 g/mol. The third kappa shape index (κ3) is 5.03. The number of anilines is 1. The SMILES string of the molecule is CCOC(=O)C(=Nc1cc([N+](=O)[O-])ccc1C)NNc1ccccc1. The van der Waals surface area contributed by atoms with Crippen molar-refractivity contribution >= 4 is 28.9 Å². The summed E-state index contributed by atoms with van der Waals surface area (Å²) in [5.74, 6) is -0.772. The van der Waals surface area contributed by atoms with Gasteiger partial charge in [0.15, 0.2) is 0 Å². The number of hydrogen-bond acceptors (Lipinski definition) is 6. The average Bonchev–Trinajstić information content (AvgIpc) is 2.60. The second-order valence-corrected chi connectivity index (χ2v) is 5.02. The van der Waals surface area contributed by atoms with Crippen molar-refractivity contribution in [1.29, 1.82) is 0 Å². The lowest BCUT2D eigenvalue weighted by Crippen LogP contribution is -2.36. The van der Waals surface area contributed by atoms with Gasteiger partial charge in [-0.05, 0) is 31.5 Å². The van der Waals surface area contributed by atoms with E-state index in [2.05, 4.69) is 15.8 Å². The van der Waals surface area contributed by atoms with Gasteiger partial charge in [-0.3, -0.25) is 21.0 Å². The molecule has 8 heteroatoms. The molecule has 2 aromatic rings. The van der Waals surface area contributed by atoms with E-state index in [1.807, 2.05) is 18.2 Å². The zero-order valence-corrected chi connectivity index (χ0v) is 13.9. The summed E-state index contributed by atoms with van der Waals surface area (Å²) in [7, 11) is 0. The number of carbonyl (C=O) groups excluding carboxylic acids is 1. The van der Waals surface area contributed by atoms with Crippen molar-refractivity contribution in [2.24, 2.45) is 4.99 Å². The van der Waals surface area contributed by atoms with E-state index in [4.69, 9.17) is 4.74 Å². The molecule has 0 radical (unpaired) electrons. The zero-order chi connectivity index (χ0) is 18.2. The van der Waals surface area contributed by atoms with Gasteiger partial charge in [0.1, 0.15) is 0 Å². The van der Waals surface area contributed by atoms with Gasteiger partial charge in [0.2, 0.25) is 5.84 Å². The van der Waals surface area contributed by atoms with Crippen molar-refractivity contribution in [1.82, 2.24) is 5.43 Å². The summed E-state index contributed by atoms with van der Waals surface area (Å²) < 4.78 is 4.98. The topological polar surface area (TPSA) is 106 Å². The van der Waals surface area contributed by atoms with E-state index in [1.165, 1.54) is 12.1 Å². The van der Waals surface area contributed by atoms with Crippen LogP contribution >= 0.6 is 0 Å². The Morgan fingerprint density at radius 2 is 1.96 bits per heavy atom. The Hall–Kier alpha value is -3.42. The van der Waals surface area contributed by atoms with Gasteiger partial charge in [-0.15, -0.1) is 0 Å². The van der Waals surface area contributed by atoms with E-state index in [0.29, 0.717) is 11.3 Å². The zero-order valence-electron chi connectivity index (χ0n) is 13.9. The molecule has 8 nitrogen and oxygen atoms in total. The second-order valence-electron chi connectivity index (χ2n) is 5.02. The van der Waals surface area contributed by atoms with Gasteiger partial charge in [0, 0.05) is 12.1 Å². The number of non-ortho nitro benzene ring substituents is 1. The summed E-state index contributed by atoms with van der Waals surface area (Å²) in [4.78, 5) is 26.7. The number of amidine groups is 1. The molecule has 0 spiro atoms. The van der Waals surface area contributed by atoms with Gasteiger partial charge in [0.05, 0.1) is 22.9 Å². The van der Waals surface area contributed by atoms with Gasteiger partial charge in [-0.1, -0.05) is 24.3 Å². The average molecular weight is 342 g/mol. The number of aryl methyl sites for hydroxylation is 1. The summed E-state index contributed by atoms with van der Waals surface area (Å²) in [5.41, 5.74) is 7.15. The second kappa shape index (κ2) is 8.44. The first kappa shape index (κ1) is 17.9. The number of nitro benzene ring substituents is 1. The van der Waals surface area contributed by atoms with Crippen LogP contribution < -0.4 is 10.9 Å². The molecule has 0 unspecified atom stereocenters. The number of aliphatic imine (C=N–C) groups is 1. The molecule has 0 saturated carbocycles. The fourth-order valence-corrected chi connectivity index (χ4v) is 1.93. The molecular formula is C17H18N4O4. The lowest BCUT2D eigenvalue weighted by Gasteiger charge is -2.12. The number of hydrogen-bond donors (Lipinski definition) is 2. The van der Waals surface area contributed by atoms with Crippen LogP contribution in [0.4, 0.5) is 17.1 Å². The van der Waals surface area contributed by atoms with Crippen LogP contribution in [-0.2, 0) is 9.53 Å². The highest BCUT2D eigenvalue weighted by Gasteiger charge is 2.15. The Morgan fingerprint density at radius 3 is 2.60 bits per heavy atom. The quantitative estimate of drug-likeness (QED) is 0.284. The van der Waals surface area contributed by atoms with Crippen molar-refractivity contribution in [3.8, 4) is 0 Å². The Balaban J connectivity index is 2.31. The van der Waals surface area contributed by atoms with Crippen LogP contribution in [0.25, 0.3) is 0 Å².